The average Bonchev–Trinajstić information content (AvgIpc) is 2.64. The van der Waals surface area contributed by atoms with E-state index in [4.69, 9.17) is 28.5 Å². The van der Waals surface area contributed by atoms with E-state index in [0.717, 1.165) is 4.68 Å². The third-order valence-electron chi connectivity index (χ3n) is 3.67. The first kappa shape index (κ1) is 17.9. The number of nitriles is 1. The molecule has 0 saturated carbocycles. The van der Waals surface area contributed by atoms with Crippen LogP contribution in [0.2, 0.25) is 10.0 Å². The Labute approximate surface area is 159 Å². The van der Waals surface area contributed by atoms with E-state index < -0.39 is 5.56 Å². The molecule has 3 aromatic rings. The molecule has 0 radical (unpaired) electrons. The number of hydrogen-bond donors (Lipinski definition) is 0. The first-order valence-electron chi connectivity index (χ1n) is 7.56. The molecule has 0 aliphatic carbocycles. The predicted molar refractivity (Wildman–Crippen MR) is 99.0 cm³/mol. The SMILES string of the molecule is N#CCc1ccc(=O)n(-c2cccc(C(=O)c3ccc(Cl)cc3)c2Cl)n1. The van der Waals surface area contributed by atoms with Gasteiger partial charge in [-0.25, -0.2) is 0 Å². The molecule has 0 aliphatic rings. The van der Waals surface area contributed by atoms with Gasteiger partial charge >= 0.3 is 0 Å². The third kappa shape index (κ3) is 3.52. The summed E-state index contributed by atoms with van der Waals surface area (Å²) in [4.78, 5) is 24.9. The quantitative estimate of drug-likeness (QED) is 0.641. The van der Waals surface area contributed by atoms with Crippen LogP contribution >= 0.6 is 23.2 Å². The Kier molecular flexibility index (Phi) is 5.17. The van der Waals surface area contributed by atoms with E-state index in [0.29, 0.717) is 16.3 Å². The van der Waals surface area contributed by atoms with Gasteiger partial charge in [0.25, 0.3) is 5.56 Å². The van der Waals surface area contributed by atoms with Crippen LogP contribution in [-0.2, 0) is 6.42 Å². The Morgan fingerprint density at radius 1 is 1.08 bits per heavy atom. The summed E-state index contributed by atoms with van der Waals surface area (Å²) in [6.45, 7) is 0. The Morgan fingerprint density at radius 3 is 2.50 bits per heavy atom. The highest BCUT2D eigenvalue weighted by molar-refractivity contribution is 6.36. The minimum Gasteiger partial charge on any atom is -0.289 e. The number of nitrogens with zero attached hydrogens (tertiary/aromatic N) is 3. The fourth-order valence-corrected chi connectivity index (χ4v) is 2.83. The molecule has 7 heteroatoms. The summed E-state index contributed by atoms with van der Waals surface area (Å²) in [6, 6.07) is 16.0. The lowest BCUT2D eigenvalue weighted by Gasteiger charge is -2.11. The molecular formula is C19H11Cl2N3O2. The van der Waals surface area contributed by atoms with Crippen molar-refractivity contribution in [1.29, 1.82) is 5.26 Å². The molecule has 5 nitrogen and oxygen atoms in total. The topological polar surface area (TPSA) is 75.8 Å². The van der Waals surface area contributed by atoms with Crippen molar-refractivity contribution < 1.29 is 4.79 Å². The van der Waals surface area contributed by atoms with Crippen molar-refractivity contribution in [2.24, 2.45) is 0 Å². The van der Waals surface area contributed by atoms with Crippen LogP contribution in [0.3, 0.4) is 0 Å². The highest BCUT2D eigenvalue weighted by Gasteiger charge is 2.17. The molecule has 1 aromatic heterocycles. The molecule has 0 aliphatic heterocycles. The second-order valence-electron chi connectivity index (χ2n) is 5.38. The zero-order valence-corrected chi connectivity index (χ0v) is 14.8. The second-order valence-corrected chi connectivity index (χ2v) is 6.20. The molecular weight excluding hydrogens is 373 g/mol. The van der Waals surface area contributed by atoms with Gasteiger partial charge in [0, 0.05) is 22.2 Å². The molecule has 3 rings (SSSR count). The summed E-state index contributed by atoms with van der Waals surface area (Å²) >= 11 is 12.3. The van der Waals surface area contributed by atoms with Gasteiger partial charge in [-0.15, -0.1) is 0 Å². The lowest BCUT2D eigenvalue weighted by Crippen LogP contribution is -2.22. The summed E-state index contributed by atoms with van der Waals surface area (Å²) in [6.07, 6.45) is 0.0568. The smallest absolute Gasteiger partial charge is 0.271 e. The fourth-order valence-electron chi connectivity index (χ4n) is 2.41. The van der Waals surface area contributed by atoms with E-state index in [1.165, 1.54) is 12.1 Å². The van der Waals surface area contributed by atoms with E-state index in [1.54, 1.807) is 42.5 Å². The van der Waals surface area contributed by atoms with Gasteiger partial charge in [0.2, 0.25) is 0 Å². The van der Waals surface area contributed by atoms with Crippen molar-refractivity contribution in [3.63, 3.8) is 0 Å². The van der Waals surface area contributed by atoms with Crippen molar-refractivity contribution in [3.8, 4) is 11.8 Å². The molecule has 26 heavy (non-hydrogen) atoms. The maximum Gasteiger partial charge on any atom is 0.271 e. The Bertz CT molecular complexity index is 1080. The summed E-state index contributed by atoms with van der Waals surface area (Å²) in [5.74, 6) is -0.297. The number of carbonyl (C=O) groups is 1. The van der Waals surface area contributed by atoms with Crippen molar-refractivity contribution in [3.05, 3.63) is 91.8 Å². The summed E-state index contributed by atoms with van der Waals surface area (Å²) < 4.78 is 1.09. The Morgan fingerprint density at radius 2 is 1.81 bits per heavy atom. The number of benzene rings is 2. The standard InChI is InChI=1S/C19H11Cl2N3O2/c20-13-6-4-12(5-7-13)19(26)15-2-1-3-16(18(15)21)24-17(25)9-8-14(23-24)10-11-22/h1-9H,10H2. The Hall–Kier alpha value is -2.94. The maximum atomic E-state index is 12.7. The number of carbonyl (C=O) groups excluding carboxylic acids is 1. The zero-order valence-electron chi connectivity index (χ0n) is 13.3. The molecule has 0 N–H and O–H groups in total. The number of hydrogen-bond acceptors (Lipinski definition) is 4. The van der Waals surface area contributed by atoms with Gasteiger partial charge in [-0.05, 0) is 42.5 Å². The lowest BCUT2D eigenvalue weighted by atomic mass is 10.0. The third-order valence-corrected chi connectivity index (χ3v) is 4.32. The van der Waals surface area contributed by atoms with Gasteiger partial charge in [-0.2, -0.15) is 15.0 Å². The molecule has 128 valence electrons. The van der Waals surface area contributed by atoms with Crippen LogP contribution in [0.1, 0.15) is 21.6 Å². The van der Waals surface area contributed by atoms with Crippen LogP contribution in [0.15, 0.2) is 59.4 Å². The first-order chi connectivity index (χ1) is 12.5. The minimum atomic E-state index is -0.412. The molecule has 0 amide bonds. The average molecular weight is 384 g/mol. The van der Waals surface area contributed by atoms with Gasteiger partial charge in [0.15, 0.2) is 5.78 Å². The summed E-state index contributed by atoms with van der Waals surface area (Å²) in [5.41, 5.74) is 0.955. The van der Waals surface area contributed by atoms with Gasteiger partial charge in [0.1, 0.15) is 0 Å². The van der Waals surface area contributed by atoms with E-state index in [9.17, 15) is 9.59 Å². The molecule has 1 heterocycles. The normalized spacial score (nSPS) is 10.3. The molecule has 0 unspecified atom stereocenters. The number of ketones is 1. The number of halogens is 2. The highest BCUT2D eigenvalue weighted by atomic mass is 35.5. The predicted octanol–water partition coefficient (Wildman–Crippen LogP) is 3.84. The molecule has 0 fully saturated rings. The molecule has 0 saturated heterocycles. The van der Waals surface area contributed by atoms with Gasteiger partial charge in [-0.1, -0.05) is 29.3 Å². The second kappa shape index (κ2) is 7.52. The minimum absolute atomic E-state index is 0.0568. The highest BCUT2D eigenvalue weighted by Crippen LogP contribution is 2.26. The van der Waals surface area contributed by atoms with Crippen molar-refractivity contribution >= 4 is 29.0 Å². The van der Waals surface area contributed by atoms with Crippen molar-refractivity contribution in [1.82, 2.24) is 9.78 Å². The Balaban J connectivity index is 2.10. The van der Waals surface area contributed by atoms with Crippen LogP contribution < -0.4 is 5.56 Å². The first-order valence-corrected chi connectivity index (χ1v) is 8.32. The van der Waals surface area contributed by atoms with Gasteiger partial charge in [0.05, 0.1) is 28.9 Å². The van der Waals surface area contributed by atoms with Crippen LogP contribution in [0.25, 0.3) is 5.69 Å². The number of aromatic nitrogens is 2. The van der Waals surface area contributed by atoms with Gasteiger partial charge in [-0.3, -0.25) is 9.59 Å². The summed E-state index contributed by atoms with van der Waals surface area (Å²) in [5, 5.41) is 13.6. The van der Waals surface area contributed by atoms with Crippen LogP contribution in [-0.4, -0.2) is 15.6 Å². The molecule has 0 atom stereocenters. The van der Waals surface area contributed by atoms with Crippen molar-refractivity contribution in [2.75, 3.05) is 0 Å². The van der Waals surface area contributed by atoms with Crippen molar-refractivity contribution in [2.45, 2.75) is 6.42 Å². The number of rotatable bonds is 4. The van der Waals surface area contributed by atoms with E-state index in [-0.39, 0.29) is 28.5 Å². The zero-order chi connectivity index (χ0) is 18.7. The molecule has 2 aromatic carbocycles. The lowest BCUT2D eigenvalue weighted by molar-refractivity contribution is 0.103. The van der Waals surface area contributed by atoms with E-state index >= 15 is 0 Å². The maximum absolute atomic E-state index is 12.7. The van der Waals surface area contributed by atoms with Crippen LogP contribution in [0, 0.1) is 11.3 Å². The van der Waals surface area contributed by atoms with Crippen LogP contribution in [0.4, 0.5) is 0 Å². The largest absolute Gasteiger partial charge is 0.289 e. The van der Waals surface area contributed by atoms with E-state index in [1.807, 2.05) is 6.07 Å². The van der Waals surface area contributed by atoms with E-state index in [2.05, 4.69) is 5.10 Å². The fraction of sp³-hybridized carbons (Fsp3) is 0.0526. The van der Waals surface area contributed by atoms with Gasteiger partial charge < -0.3 is 0 Å². The monoisotopic (exact) mass is 383 g/mol. The molecule has 0 bridgehead atoms. The molecule has 0 spiro atoms. The summed E-state index contributed by atoms with van der Waals surface area (Å²) in [7, 11) is 0. The van der Waals surface area contributed by atoms with Crippen LogP contribution in [0.5, 0.6) is 0 Å².